The monoisotopic (exact) mass is 208 g/mol. The summed E-state index contributed by atoms with van der Waals surface area (Å²) in [6.07, 6.45) is 5.14. The molecule has 1 saturated heterocycles. The Labute approximate surface area is 88.8 Å². The van der Waals surface area contributed by atoms with Gasteiger partial charge in [-0.15, -0.1) is 0 Å². The Kier molecular flexibility index (Phi) is 2.73. The number of amides is 1. The third-order valence-corrected chi connectivity index (χ3v) is 2.78. The van der Waals surface area contributed by atoms with Crippen LogP contribution in [-0.2, 0) is 7.05 Å². The molecule has 2 heterocycles. The first-order chi connectivity index (χ1) is 7.16. The molecule has 0 aromatic carbocycles. The van der Waals surface area contributed by atoms with Crippen LogP contribution in [-0.4, -0.2) is 39.7 Å². The zero-order valence-electron chi connectivity index (χ0n) is 8.89. The van der Waals surface area contributed by atoms with Crippen LogP contribution in [0.5, 0.6) is 0 Å². The number of piperidine rings is 1. The first-order valence-electron chi connectivity index (χ1n) is 5.20. The van der Waals surface area contributed by atoms with Crippen molar-refractivity contribution in [3.05, 3.63) is 18.0 Å². The number of rotatable bonds is 1. The van der Waals surface area contributed by atoms with Crippen LogP contribution in [0, 0.1) is 0 Å². The summed E-state index contributed by atoms with van der Waals surface area (Å²) in [5, 5.41) is 3.99. The van der Waals surface area contributed by atoms with Crippen molar-refractivity contribution in [3.63, 3.8) is 0 Å². The summed E-state index contributed by atoms with van der Waals surface area (Å²) >= 11 is 0. The average molecular weight is 208 g/mol. The first kappa shape index (κ1) is 10.2. The highest BCUT2D eigenvalue weighted by molar-refractivity contribution is 5.93. The van der Waals surface area contributed by atoms with E-state index in [1.807, 2.05) is 11.9 Å². The molecule has 5 heteroatoms. The van der Waals surface area contributed by atoms with Gasteiger partial charge in [-0.2, -0.15) is 5.10 Å². The molecular formula is C10H16N4O. The van der Waals surface area contributed by atoms with Gasteiger partial charge in [0.15, 0.2) is 0 Å². The summed E-state index contributed by atoms with van der Waals surface area (Å²) in [6.45, 7) is 1.52. The molecule has 1 fully saturated rings. The molecule has 15 heavy (non-hydrogen) atoms. The summed E-state index contributed by atoms with van der Waals surface area (Å²) in [6, 6.07) is 0.253. The van der Waals surface area contributed by atoms with E-state index in [9.17, 15) is 4.79 Å². The van der Waals surface area contributed by atoms with Crippen LogP contribution in [0.1, 0.15) is 23.2 Å². The Bertz CT molecular complexity index is 352. The molecule has 0 unspecified atom stereocenters. The van der Waals surface area contributed by atoms with Crippen LogP contribution in [0.4, 0.5) is 0 Å². The standard InChI is InChI=1S/C10H16N4O/c1-13-7-8(6-12-13)10(15)14-4-2-9(11)3-5-14/h6-7,9H,2-5,11H2,1H3. The largest absolute Gasteiger partial charge is 0.338 e. The van der Waals surface area contributed by atoms with Gasteiger partial charge in [0.1, 0.15) is 0 Å². The van der Waals surface area contributed by atoms with Crippen molar-refractivity contribution in [1.29, 1.82) is 0 Å². The van der Waals surface area contributed by atoms with E-state index in [1.165, 1.54) is 0 Å². The lowest BCUT2D eigenvalue weighted by Gasteiger charge is -2.29. The Balaban J connectivity index is 2.02. The van der Waals surface area contributed by atoms with Crippen LogP contribution >= 0.6 is 0 Å². The van der Waals surface area contributed by atoms with Gasteiger partial charge in [0.25, 0.3) is 5.91 Å². The predicted molar refractivity (Wildman–Crippen MR) is 56.3 cm³/mol. The zero-order chi connectivity index (χ0) is 10.8. The quantitative estimate of drug-likeness (QED) is 0.705. The van der Waals surface area contributed by atoms with Crippen LogP contribution in [0.2, 0.25) is 0 Å². The molecule has 0 spiro atoms. The average Bonchev–Trinajstić information content (AvgIpc) is 2.65. The second-order valence-corrected chi connectivity index (χ2v) is 4.03. The van der Waals surface area contributed by atoms with Gasteiger partial charge in [0.05, 0.1) is 11.8 Å². The topological polar surface area (TPSA) is 64.2 Å². The molecule has 0 radical (unpaired) electrons. The van der Waals surface area contributed by atoms with E-state index < -0.39 is 0 Å². The summed E-state index contributed by atoms with van der Waals surface area (Å²) < 4.78 is 1.64. The molecule has 82 valence electrons. The van der Waals surface area contributed by atoms with Crippen molar-refractivity contribution < 1.29 is 4.79 Å². The number of likely N-dealkylation sites (tertiary alicyclic amines) is 1. The van der Waals surface area contributed by atoms with Crippen molar-refractivity contribution >= 4 is 5.91 Å². The van der Waals surface area contributed by atoms with Gasteiger partial charge in [-0.3, -0.25) is 9.48 Å². The van der Waals surface area contributed by atoms with E-state index in [0.29, 0.717) is 5.56 Å². The van der Waals surface area contributed by atoms with E-state index in [0.717, 1.165) is 25.9 Å². The molecule has 1 aromatic heterocycles. The summed E-state index contributed by atoms with van der Waals surface area (Å²) in [7, 11) is 1.81. The highest BCUT2D eigenvalue weighted by Gasteiger charge is 2.22. The molecule has 5 nitrogen and oxygen atoms in total. The van der Waals surface area contributed by atoms with Crippen LogP contribution in [0.25, 0.3) is 0 Å². The highest BCUT2D eigenvalue weighted by Crippen LogP contribution is 2.11. The molecule has 0 atom stereocenters. The maximum atomic E-state index is 12.0. The normalized spacial score (nSPS) is 18.1. The summed E-state index contributed by atoms with van der Waals surface area (Å²) in [5.74, 6) is 0.0648. The number of carbonyl (C=O) groups is 1. The van der Waals surface area contributed by atoms with Gasteiger partial charge >= 0.3 is 0 Å². The van der Waals surface area contributed by atoms with E-state index in [1.54, 1.807) is 17.1 Å². The summed E-state index contributed by atoms with van der Waals surface area (Å²) in [5.41, 5.74) is 6.45. The molecule has 2 N–H and O–H groups in total. The molecule has 1 amide bonds. The molecule has 1 aliphatic heterocycles. The van der Waals surface area contributed by atoms with Gasteiger partial charge in [-0.25, -0.2) is 0 Å². The minimum Gasteiger partial charge on any atom is -0.338 e. The zero-order valence-corrected chi connectivity index (χ0v) is 8.89. The van der Waals surface area contributed by atoms with Crippen molar-refractivity contribution in [2.45, 2.75) is 18.9 Å². The maximum Gasteiger partial charge on any atom is 0.257 e. The number of hydrogen-bond donors (Lipinski definition) is 1. The molecule has 1 aromatic rings. The Morgan fingerprint density at radius 3 is 2.73 bits per heavy atom. The SMILES string of the molecule is Cn1cc(C(=O)N2CCC(N)CC2)cn1. The Morgan fingerprint density at radius 1 is 1.53 bits per heavy atom. The lowest BCUT2D eigenvalue weighted by Crippen LogP contribution is -2.42. The fourth-order valence-corrected chi connectivity index (χ4v) is 1.82. The van der Waals surface area contributed by atoms with Gasteiger partial charge in [-0.05, 0) is 12.8 Å². The van der Waals surface area contributed by atoms with Crippen LogP contribution in [0.3, 0.4) is 0 Å². The Morgan fingerprint density at radius 2 is 2.20 bits per heavy atom. The Hall–Kier alpha value is -1.36. The molecule has 2 rings (SSSR count). The fourth-order valence-electron chi connectivity index (χ4n) is 1.82. The second kappa shape index (κ2) is 4.02. The van der Waals surface area contributed by atoms with Crippen LogP contribution < -0.4 is 5.73 Å². The highest BCUT2D eigenvalue weighted by atomic mass is 16.2. The molecular weight excluding hydrogens is 192 g/mol. The number of hydrogen-bond acceptors (Lipinski definition) is 3. The second-order valence-electron chi connectivity index (χ2n) is 4.03. The smallest absolute Gasteiger partial charge is 0.257 e. The van der Waals surface area contributed by atoms with Gasteiger partial charge in [0.2, 0.25) is 0 Å². The molecule has 0 saturated carbocycles. The van der Waals surface area contributed by atoms with Crippen LogP contribution in [0.15, 0.2) is 12.4 Å². The maximum absolute atomic E-state index is 12.0. The predicted octanol–water partition coefficient (Wildman–Crippen LogP) is -0.0166. The lowest BCUT2D eigenvalue weighted by atomic mass is 10.1. The summed E-state index contributed by atoms with van der Waals surface area (Å²) in [4.78, 5) is 13.8. The molecule has 0 aliphatic carbocycles. The van der Waals surface area contributed by atoms with Crippen molar-refractivity contribution in [2.24, 2.45) is 12.8 Å². The number of carbonyl (C=O) groups excluding carboxylic acids is 1. The van der Waals surface area contributed by atoms with Crippen molar-refractivity contribution in [1.82, 2.24) is 14.7 Å². The van der Waals surface area contributed by atoms with Gasteiger partial charge < -0.3 is 10.6 Å². The number of nitrogens with two attached hydrogens (primary N) is 1. The van der Waals surface area contributed by atoms with Gasteiger partial charge in [0, 0.05) is 32.4 Å². The first-order valence-corrected chi connectivity index (χ1v) is 5.20. The van der Waals surface area contributed by atoms with E-state index >= 15 is 0 Å². The number of nitrogens with zero attached hydrogens (tertiary/aromatic N) is 3. The number of aromatic nitrogens is 2. The lowest BCUT2D eigenvalue weighted by molar-refractivity contribution is 0.0714. The van der Waals surface area contributed by atoms with E-state index in [2.05, 4.69) is 5.10 Å². The van der Waals surface area contributed by atoms with Crippen molar-refractivity contribution in [3.8, 4) is 0 Å². The van der Waals surface area contributed by atoms with Crippen molar-refractivity contribution in [2.75, 3.05) is 13.1 Å². The minimum absolute atomic E-state index is 0.0648. The third kappa shape index (κ3) is 2.18. The molecule has 0 bridgehead atoms. The third-order valence-electron chi connectivity index (χ3n) is 2.78. The fraction of sp³-hybridized carbons (Fsp3) is 0.600. The van der Waals surface area contributed by atoms with E-state index in [4.69, 9.17) is 5.73 Å². The minimum atomic E-state index is 0.0648. The number of aryl methyl sites for hydroxylation is 1. The molecule has 1 aliphatic rings. The van der Waals surface area contributed by atoms with E-state index in [-0.39, 0.29) is 11.9 Å². The van der Waals surface area contributed by atoms with Gasteiger partial charge in [-0.1, -0.05) is 0 Å².